The maximum Gasteiger partial charge on any atom is 0.389 e. The van der Waals surface area contributed by atoms with Crippen molar-refractivity contribution in [1.29, 1.82) is 0 Å². The second-order valence-corrected chi connectivity index (χ2v) is 6.93. The summed E-state index contributed by atoms with van der Waals surface area (Å²) in [7, 11) is -2.97. The van der Waals surface area contributed by atoms with Gasteiger partial charge in [0.1, 0.15) is 0 Å². The van der Waals surface area contributed by atoms with Gasteiger partial charge in [-0.05, 0) is 6.42 Å². The Bertz CT molecular complexity index is 556. The van der Waals surface area contributed by atoms with Crippen molar-refractivity contribution in [1.82, 2.24) is 15.5 Å². The van der Waals surface area contributed by atoms with Crippen LogP contribution in [0, 0.1) is 0 Å². The molecule has 1 fully saturated rings. The third-order valence-electron chi connectivity index (χ3n) is 2.92. The highest BCUT2D eigenvalue weighted by molar-refractivity contribution is 7.91. The summed E-state index contributed by atoms with van der Waals surface area (Å²) in [4.78, 5) is 3.82. The van der Waals surface area contributed by atoms with Crippen LogP contribution in [0.3, 0.4) is 0 Å². The highest BCUT2D eigenvalue weighted by atomic mass is 32.2. The minimum atomic E-state index is -4.25. The van der Waals surface area contributed by atoms with Crippen molar-refractivity contribution in [3.63, 3.8) is 0 Å². The maximum absolute atomic E-state index is 12.0. The van der Waals surface area contributed by atoms with E-state index in [-0.39, 0.29) is 42.2 Å². The molecule has 0 aromatic carbocycles. The van der Waals surface area contributed by atoms with E-state index in [9.17, 15) is 21.6 Å². The molecule has 0 amide bonds. The maximum atomic E-state index is 12.0. The Hall–Kier alpha value is -1.16. The van der Waals surface area contributed by atoms with Gasteiger partial charge in [0.15, 0.2) is 15.7 Å². The molecule has 0 bridgehead atoms. The van der Waals surface area contributed by atoms with E-state index in [1.165, 1.54) is 0 Å². The van der Waals surface area contributed by atoms with Crippen molar-refractivity contribution in [3.05, 3.63) is 11.7 Å². The Labute approximate surface area is 113 Å². The predicted octanol–water partition coefficient (Wildman–Crippen LogP) is 0.841. The zero-order valence-electron chi connectivity index (χ0n) is 10.5. The van der Waals surface area contributed by atoms with Crippen LogP contribution < -0.4 is 5.32 Å². The van der Waals surface area contributed by atoms with Crippen LogP contribution in [-0.2, 0) is 22.8 Å². The molecule has 1 aromatic heterocycles. The molecule has 10 heteroatoms. The quantitative estimate of drug-likeness (QED) is 0.867. The molecule has 1 atom stereocenters. The summed E-state index contributed by atoms with van der Waals surface area (Å²) in [5.41, 5.74) is 0. The number of aryl methyl sites for hydroxylation is 1. The zero-order valence-corrected chi connectivity index (χ0v) is 11.3. The van der Waals surface area contributed by atoms with Gasteiger partial charge >= 0.3 is 6.18 Å². The van der Waals surface area contributed by atoms with Crippen LogP contribution in [0.4, 0.5) is 13.2 Å². The van der Waals surface area contributed by atoms with E-state index in [1.807, 2.05) is 0 Å². The summed E-state index contributed by atoms with van der Waals surface area (Å²) >= 11 is 0. The summed E-state index contributed by atoms with van der Waals surface area (Å²) in [6, 6.07) is -0.175. The minimum absolute atomic E-state index is 0.00170. The molecule has 1 aliphatic heterocycles. The second kappa shape index (κ2) is 5.68. The lowest BCUT2D eigenvalue weighted by molar-refractivity contribution is -0.134. The molecule has 2 rings (SSSR count). The molecule has 114 valence electrons. The largest absolute Gasteiger partial charge is 0.389 e. The lowest BCUT2D eigenvalue weighted by Gasteiger charge is -2.07. The summed E-state index contributed by atoms with van der Waals surface area (Å²) in [5, 5.41) is 6.39. The first-order chi connectivity index (χ1) is 9.23. The van der Waals surface area contributed by atoms with Crippen LogP contribution in [0.15, 0.2) is 4.52 Å². The Morgan fingerprint density at radius 2 is 2.15 bits per heavy atom. The summed E-state index contributed by atoms with van der Waals surface area (Å²) < 4.78 is 63.3. The van der Waals surface area contributed by atoms with E-state index in [0.29, 0.717) is 6.42 Å². The molecule has 1 N–H and O–H groups in total. The van der Waals surface area contributed by atoms with Crippen LogP contribution in [0.2, 0.25) is 0 Å². The third-order valence-corrected chi connectivity index (χ3v) is 4.68. The molecule has 0 radical (unpaired) electrons. The summed E-state index contributed by atoms with van der Waals surface area (Å²) in [5.74, 6) is 0.359. The average molecular weight is 313 g/mol. The molecular weight excluding hydrogens is 299 g/mol. The number of hydrogen-bond acceptors (Lipinski definition) is 6. The predicted molar refractivity (Wildman–Crippen MR) is 62.6 cm³/mol. The van der Waals surface area contributed by atoms with Crippen LogP contribution in [0.5, 0.6) is 0 Å². The number of nitrogens with zero attached hydrogens (tertiary/aromatic N) is 2. The first-order valence-electron chi connectivity index (χ1n) is 6.05. The van der Waals surface area contributed by atoms with E-state index in [0.717, 1.165) is 0 Å². The fourth-order valence-corrected chi connectivity index (χ4v) is 3.61. The molecular formula is C10H14F3N3O3S. The Morgan fingerprint density at radius 3 is 2.75 bits per heavy atom. The van der Waals surface area contributed by atoms with Crippen LogP contribution in [0.25, 0.3) is 0 Å². The fourth-order valence-electron chi connectivity index (χ4n) is 1.90. The molecule has 6 nitrogen and oxygen atoms in total. The topological polar surface area (TPSA) is 85.1 Å². The Balaban J connectivity index is 1.79. The van der Waals surface area contributed by atoms with E-state index in [4.69, 9.17) is 4.52 Å². The monoisotopic (exact) mass is 313 g/mol. The van der Waals surface area contributed by atoms with Gasteiger partial charge in [0.25, 0.3) is 0 Å². The molecule has 0 spiro atoms. The number of hydrogen-bond donors (Lipinski definition) is 1. The number of nitrogens with one attached hydrogen (secondary N) is 1. The number of aromatic nitrogens is 2. The van der Waals surface area contributed by atoms with Gasteiger partial charge in [-0.25, -0.2) is 8.42 Å². The lowest BCUT2D eigenvalue weighted by atomic mass is 10.2. The molecule has 0 saturated carbocycles. The molecule has 1 aromatic rings. The van der Waals surface area contributed by atoms with Gasteiger partial charge in [-0.15, -0.1) is 0 Å². The zero-order chi connectivity index (χ0) is 14.8. The SMILES string of the molecule is O=S1(=O)CCC(NCc2nc(CCC(F)(F)F)no2)C1. The first kappa shape index (κ1) is 15.2. The minimum Gasteiger partial charge on any atom is -0.338 e. The summed E-state index contributed by atoms with van der Waals surface area (Å²) in [6.07, 6.45) is -5.07. The number of halogens is 3. The van der Waals surface area contributed by atoms with Gasteiger partial charge < -0.3 is 9.84 Å². The molecule has 20 heavy (non-hydrogen) atoms. The summed E-state index contributed by atoms with van der Waals surface area (Å²) in [6.45, 7) is 0.152. The molecule has 2 heterocycles. The Morgan fingerprint density at radius 1 is 1.40 bits per heavy atom. The van der Waals surface area contributed by atoms with Crippen LogP contribution in [-0.4, -0.2) is 42.3 Å². The average Bonchev–Trinajstić information content (AvgIpc) is 2.89. The van der Waals surface area contributed by atoms with Gasteiger partial charge in [-0.2, -0.15) is 18.2 Å². The van der Waals surface area contributed by atoms with E-state index >= 15 is 0 Å². The van der Waals surface area contributed by atoms with Gasteiger partial charge in [0, 0.05) is 12.5 Å². The van der Waals surface area contributed by atoms with Gasteiger partial charge in [-0.1, -0.05) is 5.16 Å². The van der Waals surface area contributed by atoms with Crippen molar-refractivity contribution in [2.24, 2.45) is 0 Å². The van der Waals surface area contributed by atoms with Crippen LogP contribution >= 0.6 is 0 Å². The van der Waals surface area contributed by atoms with Crippen molar-refractivity contribution < 1.29 is 26.1 Å². The van der Waals surface area contributed by atoms with Crippen molar-refractivity contribution in [3.8, 4) is 0 Å². The molecule has 0 aliphatic carbocycles. The van der Waals surface area contributed by atoms with Crippen molar-refractivity contribution in [2.45, 2.75) is 38.0 Å². The normalized spacial score (nSPS) is 22.2. The van der Waals surface area contributed by atoms with Crippen LogP contribution in [0.1, 0.15) is 24.6 Å². The van der Waals surface area contributed by atoms with Gasteiger partial charge in [-0.3, -0.25) is 0 Å². The third kappa shape index (κ3) is 4.75. The molecule has 1 aliphatic rings. The van der Waals surface area contributed by atoms with Gasteiger partial charge in [0.05, 0.1) is 24.5 Å². The number of sulfone groups is 1. The van der Waals surface area contributed by atoms with Crippen molar-refractivity contribution in [2.75, 3.05) is 11.5 Å². The first-order valence-corrected chi connectivity index (χ1v) is 7.88. The standard InChI is InChI=1S/C10H14F3N3O3S/c11-10(12,13)3-1-8-15-9(19-16-8)5-14-7-2-4-20(17,18)6-7/h7,14H,1-6H2. The van der Waals surface area contributed by atoms with E-state index < -0.39 is 22.4 Å². The number of rotatable bonds is 5. The highest BCUT2D eigenvalue weighted by Gasteiger charge is 2.29. The van der Waals surface area contributed by atoms with Crippen molar-refractivity contribution >= 4 is 9.84 Å². The Kier molecular flexibility index (Phi) is 4.33. The lowest BCUT2D eigenvalue weighted by Crippen LogP contribution is -2.29. The molecule has 1 unspecified atom stereocenters. The number of alkyl halides is 3. The van der Waals surface area contributed by atoms with Gasteiger partial charge in [0.2, 0.25) is 5.89 Å². The second-order valence-electron chi connectivity index (χ2n) is 4.70. The highest BCUT2D eigenvalue weighted by Crippen LogP contribution is 2.21. The smallest absolute Gasteiger partial charge is 0.338 e. The fraction of sp³-hybridized carbons (Fsp3) is 0.800. The van der Waals surface area contributed by atoms with E-state index in [2.05, 4.69) is 15.5 Å². The molecule has 1 saturated heterocycles. The van der Waals surface area contributed by atoms with E-state index in [1.54, 1.807) is 0 Å².